The van der Waals surface area contributed by atoms with E-state index >= 15 is 0 Å². The van der Waals surface area contributed by atoms with Crippen molar-refractivity contribution in [1.29, 1.82) is 0 Å². The van der Waals surface area contributed by atoms with E-state index < -0.39 is 0 Å². The molecule has 1 heterocycles. The number of aryl methyl sites for hydroxylation is 1. The van der Waals surface area contributed by atoms with Gasteiger partial charge >= 0.3 is 0 Å². The first-order valence-electron chi connectivity index (χ1n) is 5.47. The molecule has 16 heavy (non-hydrogen) atoms. The molecule has 4 heteroatoms. The van der Waals surface area contributed by atoms with Gasteiger partial charge in [0.2, 0.25) is 5.91 Å². The van der Waals surface area contributed by atoms with Crippen molar-refractivity contribution in [3.63, 3.8) is 0 Å². The molecule has 86 valence electrons. The molecular formula is C12H15ClN2O. The van der Waals surface area contributed by atoms with Crippen LogP contribution in [0.4, 0.5) is 5.69 Å². The van der Waals surface area contributed by atoms with Crippen LogP contribution < -0.4 is 10.6 Å². The highest BCUT2D eigenvalue weighted by Crippen LogP contribution is 2.23. The second kappa shape index (κ2) is 4.85. The smallest absolute Gasteiger partial charge is 0.241 e. The molecule has 1 fully saturated rings. The maximum absolute atomic E-state index is 11.8. The van der Waals surface area contributed by atoms with E-state index in [1.165, 1.54) is 0 Å². The van der Waals surface area contributed by atoms with Gasteiger partial charge in [0.1, 0.15) is 0 Å². The molecule has 0 radical (unpaired) electrons. The van der Waals surface area contributed by atoms with Crippen LogP contribution in [0.15, 0.2) is 18.2 Å². The fraction of sp³-hybridized carbons (Fsp3) is 0.417. The zero-order valence-electron chi connectivity index (χ0n) is 9.22. The molecule has 0 aliphatic carbocycles. The van der Waals surface area contributed by atoms with E-state index in [2.05, 4.69) is 10.6 Å². The summed E-state index contributed by atoms with van der Waals surface area (Å²) in [5.41, 5.74) is 1.77. The third-order valence-electron chi connectivity index (χ3n) is 2.76. The van der Waals surface area contributed by atoms with E-state index in [4.69, 9.17) is 11.6 Å². The summed E-state index contributed by atoms with van der Waals surface area (Å²) in [5.74, 6) is 0.00301. The van der Waals surface area contributed by atoms with Gasteiger partial charge in [-0.3, -0.25) is 4.79 Å². The molecule has 1 unspecified atom stereocenters. The summed E-state index contributed by atoms with van der Waals surface area (Å²) in [6.45, 7) is 2.88. The Kier molecular flexibility index (Phi) is 3.46. The monoisotopic (exact) mass is 238 g/mol. The number of rotatable bonds is 2. The first-order valence-corrected chi connectivity index (χ1v) is 5.85. The molecule has 0 saturated carbocycles. The minimum absolute atomic E-state index is 0.00301. The van der Waals surface area contributed by atoms with Crippen LogP contribution in [0.3, 0.4) is 0 Å². The first kappa shape index (κ1) is 11.4. The predicted octanol–water partition coefficient (Wildman–Crippen LogP) is 2.34. The average Bonchev–Trinajstić information content (AvgIpc) is 2.75. The van der Waals surface area contributed by atoms with Crippen molar-refractivity contribution in [3.8, 4) is 0 Å². The average molecular weight is 239 g/mol. The third kappa shape index (κ3) is 2.54. The molecule has 1 atom stereocenters. The highest BCUT2D eigenvalue weighted by molar-refractivity contribution is 6.33. The summed E-state index contributed by atoms with van der Waals surface area (Å²) in [6.07, 6.45) is 1.95. The minimum Gasteiger partial charge on any atom is -0.323 e. The predicted molar refractivity (Wildman–Crippen MR) is 65.8 cm³/mol. The zero-order valence-corrected chi connectivity index (χ0v) is 9.97. The Morgan fingerprint density at radius 1 is 1.56 bits per heavy atom. The van der Waals surface area contributed by atoms with Crippen LogP contribution >= 0.6 is 11.6 Å². The van der Waals surface area contributed by atoms with Crippen LogP contribution in [-0.2, 0) is 4.79 Å². The SMILES string of the molecule is Cc1ccc(NC(=O)C2CCCN2)c(Cl)c1. The molecule has 0 bridgehead atoms. The Morgan fingerprint density at radius 2 is 2.38 bits per heavy atom. The van der Waals surface area contributed by atoms with Gasteiger partial charge in [-0.1, -0.05) is 17.7 Å². The standard InChI is InChI=1S/C12H15ClN2O/c1-8-4-5-10(9(13)7-8)15-12(16)11-3-2-6-14-11/h4-5,7,11,14H,2-3,6H2,1H3,(H,15,16). The van der Waals surface area contributed by atoms with Gasteiger partial charge in [0.25, 0.3) is 0 Å². The van der Waals surface area contributed by atoms with E-state index in [-0.39, 0.29) is 11.9 Å². The molecule has 1 amide bonds. The van der Waals surface area contributed by atoms with Gasteiger partial charge in [-0.05, 0) is 44.0 Å². The molecule has 1 saturated heterocycles. The van der Waals surface area contributed by atoms with Crippen LogP contribution in [0.1, 0.15) is 18.4 Å². The number of nitrogens with one attached hydrogen (secondary N) is 2. The number of hydrogen-bond donors (Lipinski definition) is 2. The number of benzene rings is 1. The summed E-state index contributed by atoms with van der Waals surface area (Å²) >= 11 is 6.05. The Hall–Kier alpha value is -1.06. The number of amides is 1. The lowest BCUT2D eigenvalue weighted by atomic mass is 10.2. The van der Waals surface area contributed by atoms with E-state index in [1.807, 2.05) is 25.1 Å². The van der Waals surface area contributed by atoms with Gasteiger partial charge in [-0.15, -0.1) is 0 Å². The van der Waals surface area contributed by atoms with Gasteiger partial charge < -0.3 is 10.6 Å². The quantitative estimate of drug-likeness (QED) is 0.831. The number of halogens is 1. The third-order valence-corrected chi connectivity index (χ3v) is 3.07. The van der Waals surface area contributed by atoms with Crippen LogP contribution in [0.5, 0.6) is 0 Å². The van der Waals surface area contributed by atoms with Crippen LogP contribution in [-0.4, -0.2) is 18.5 Å². The molecule has 1 aliphatic heterocycles. The molecule has 1 aromatic rings. The Bertz CT molecular complexity index is 400. The number of carbonyl (C=O) groups excluding carboxylic acids is 1. The van der Waals surface area contributed by atoms with Gasteiger partial charge in [0.15, 0.2) is 0 Å². The van der Waals surface area contributed by atoms with Crippen molar-refractivity contribution in [2.75, 3.05) is 11.9 Å². The second-order valence-electron chi connectivity index (χ2n) is 4.12. The number of anilines is 1. The summed E-state index contributed by atoms with van der Waals surface area (Å²) in [7, 11) is 0. The Balaban J connectivity index is 2.05. The lowest BCUT2D eigenvalue weighted by molar-refractivity contribution is -0.117. The highest BCUT2D eigenvalue weighted by Gasteiger charge is 2.22. The fourth-order valence-electron chi connectivity index (χ4n) is 1.85. The molecule has 0 spiro atoms. The minimum atomic E-state index is -0.0719. The Labute approximate surface area is 100 Å². The lowest BCUT2D eigenvalue weighted by Gasteiger charge is -2.12. The molecule has 1 aromatic carbocycles. The van der Waals surface area contributed by atoms with Crippen molar-refractivity contribution in [1.82, 2.24) is 5.32 Å². The highest BCUT2D eigenvalue weighted by atomic mass is 35.5. The molecular weight excluding hydrogens is 224 g/mol. The molecule has 2 N–H and O–H groups in total. The van der Waals surface area contributed by atoms with Crippen molar-refractivity contribution >= 4 is 23.2 Å². The maximum Gasteiger partial charge on any atom is 0.241 e. The van der Waals surface area contributed by atoms with Crippen molar-refractivity contribution < 1.29 is 4.79 Å². The lowest BCUT2D eigenvalue weighted by Crippen LogP contribution is -2.35. The van der Waals surface area contributed by atoms with Gasteiger partial charge in [0.05, 0.1) is 16.8 Å². The largest absolute Gasteiger partial charge is 0.323 e. The first-order chi connectivity index (χ1) is 7.66. The van der Waals surface area contributed by atoms with E-state index in [0.717, 1.165) is 24.9 Å². The van der Waals surface area contributed by atoms with Gasteiger partial charge in [-0.25, -0.2) is 0 Å². The van der Waals surface area contributed by atoms with E-state index in [1.54, 1.807) is 0 Å². The van der Waals surface area contributed by atoms with Gasteiger partial charge in [0, 0.05) is 0 Å². The van der Waals surface area contributed by atoms with Crippen molar-refractivity contribution in [2.24, 2.45) is 0 Å². The molecule has 3 nitrogen and oxygen atoms in total. The Morgan fingerprint density at radius 3 is 3.00 bits per heavy atom. The van der Waals surface area contributed by atoms with Gasteiger partial charge in [-0.2, -0.15) is 0 Å². The van der Waals surface area contributed by atoms with E-state index in [0.29, 0.717) is 10.7 Å². The molecule has 1 aliphatic rings. The topological polar surface area (TPSA) is 41.1 Å². The van der Waals surface area contributed by atoms with Crippen LogP contribution in [0.2, 0.25) is 5.02 Å². The normalized spacial score (nSPS) is 19.8. The summed E-state index contributed by atoms with van der Waals surface area (Å²) in [4.78, 5) is 11.8. The number of carbonyl (C=O) groups is 1. The zero-order chi connectivity index (χ0) is 11.5. The molecule has 0 aromatic heterocycles. The van der Waals surface area contributed by atoms with Crippen molar-refractivity contribution in [2.45, 2.75) is 25.8 Å². The van der Waals surface area contributed by atoms with Crippen LogP contribution in [0.25, 0.3) is 0 Å². The summed E-state index contributed by atoms with van der Waals surface area (Å²) in [5, 5.41) is 6.59. The second-order valence-corrected chi connectivity index (χ2v) is 4.53. The summed E-state index contributed by atoms with van der Waals surface area (Å²) in [6, 6.07) is 5.55. The molecule has 2 rings (SSSR count). The van der Waals surface area contributed by atoms with E-state index in [9.17, 15) is 4.79 Å². The summed E-state index contributed by atoms with van der Waals surface area (Å²) < 4.78 is 0. The maximum atomic E-state index is 11.8. The van der Waals surface area contributed by atoms with Crippen LogP contribution in [0, 0.1) is 6.92 Å². The number of hydrogen-bond acceptors (Lipinski definition) is 2. The van der Waals surface area contributed by atoms with Crippen molar-refractivity contribution in [3.05, 3.63) is 28.8 Å². The fourth-order valence-corrected chi connectivity index (χ4v) is 2.13.